The molecular weight excluding hydrogens is 1730 g/mol. The molecule has 6 N–H and O–H groups in total. The zero-order chi connectivity index (χ0) is 99.9. The smallest absolute Gasteiger partial charge is 0.251 e. The number of pyridine rings is 12. The number of nitrogens with zero attached hydrogens (tertiary/aromatic N) is 12. The van der Waals surface area contributed by atoms with Gasteiger partial charge in [-0.2, -0.15) is 0 Å². The number of rotatable bonds is 10. The molecule has 0 aromatic carbocycles. The lowest BCUT2D eigenvalue weighted by molar-refractivity contribution is 0.101. The van der Waals surface area contributed by atoms with Gasteiger partial charge in [-0.1, -0.05) is 107 Å². The van der Waals surface area contributed by atoms with Crippen LogP contribution in [0.2, 0.25) is 0 Å². The quantitative estimate of drug-likeness (QED) is 0.114. The second kappa shape index (κ2) is 37.5. The van der Waals surface area contributed by atoms with Crippen LogP contribution in [0.3, 0.4) is 0 Å². The Kier molecular flexibility index (Phi) is 26.8. The van der Waals surface area contributed by atoms with E-state index in [2.05, 4.69) is 69.4 Å². The number of fused-ring (bicyclic) bond motifs is 12. The Morgan fingerprint density at radius 1 is 0.228 bits per heavy atom. The zero-order valence-corrected chi connectivity index (χ0v) is 79.2. The van der Waals surface area contributed by atoms with Gasteiger partial charge in [0, 0.05) is 128 Å². The predicted octanol–water partition coefficient (Wildman–Crippen LogP) is 3.48. The van der Waals surface area contributed by atoms with Gasteiger partial charge in [-0.25, -0.2) is 29.9 Å². The van der Waals surface area contributed by atoms with Crippen LogP contribution in [0, 0.1) is 41.5 Å². The predicted molar refractivity (Wildman–Crippen MR) is 519 cm³/mol. The van der Waals surface area contributed by atoms with E-state index in [1.807, 2.05) is 55.4 Å². The van der Waals surface area contributed by atoms with E-state index in [1.54, 1.807) is 64.1 Å². The number of aliphatic hydroxyl groups excluding tert-OH is 6. The number of carbonyl (C=O) groups is 6. The highest BCUT2D eigenvalue weighted by molar-refractivity contribution is 6.16. The molecule has 6 aliphatic rings. The van der Waals surface area contributed by atoms with Crippen LogP contribution >= 0.6 is 0 Å². The van der Waals surface area contributed by atoms with Gasteiger partial charge in [0.05, 0.1) is 47.8 Å². The summed E-state index contributed by atoms with van der Waals surface area (Å²) in [4.78, 5) is 175. The van der Waals surface area contributed by atoms with Crippen molar-refractivity contribution in [2.45, 2.75) is 147 Å². The summed E-state index contributed by atoms with van der Waals surface area (Å²) in [6.45, 7) is 45.2. The first-order valence-corrected chi connectivity index (χ1v) is 44.3. The fourth-order valence-electron chi connectivity index (χ4n) is 18.7. The molecule has 0 aliphatic heterocycles. The largest absolute Gasteiger partial charge is 0.507 e. The zero-order valence-electron chi connectivity index (χ0n) is 79.2. The Labute approximate surface area is 777 Å². The minimum atomic E-state index is -0.355. The van der Waals surface area contributed by atoms with E-state index in [-0.39, 0.29) is 171 Å². The van der Waals surface area contributed by atoms with Gasteiger partial charge in [0.25, 0.3) is 33.4 Å². The monoisotopic (exact) mass is 1830 g/mol. The van der Waals surface area contributed by atoms with Crippen molar-refractivity contribution >= 4 is 109 Å². The normalized spacial score (nSPS) is 13.0. The van der Waals surface area contributed by atoms with Gasteiger partial charge in [-0.3, -0.25) is 57.5 Å². The molecular formula is C106H104N12O18. The van der Waals surface area contributed by atoms with Crippen molar-refractivity contribution in [2.75, 3.05) is 0 Å². The first kappa shape index (κ1) is 97.4. The average Bonchev–Trinajstić information content (AvgIpc) is 0.791. The number of ketones is 6. The lowest BCUT2D eigenvalue weighted by Crippen LogP contribution is -2.38. The summed E-state index contributed by atoms with van der Waals surface area (Å²) in [5.74, 6) is -2.05. The van der Waals surface area contributed by atoms with Crippen molar-refractivity contribution < 1.29 is 59.4 Å². The molecule has 0 bridgehead atoms. The van der Waals surface area contributed by atoms with Gasteiger partial charge in [0.15, 0.2) is 0 Å². The SMILES string of the molecule is C=c1cc(C)c2c(n1)C(=O)c1c(c(CC)cc(=O)n1C)C=2O.C=c1cc(C)c2c(n1)C(=O)c1c(c(CCC)cc(=O)n1C)C=2O.C=c1cc(C)c2c(n1)C(=O)c1c(c(CCC)cc(=O)n1C)C=2O.C=c1cc(CC)c2c(n1)C(=O)c1c(c(C)cc(=O)n1C)C=2O.C=c1cc(CCC)c2c(n1)C(=O)c1c(c(C)cc(=O)n1C)C=2O.C=c1cc(CCC)c2c(n1)C(=O)c1c(c(C)cc(=O)n1C)C=2O. The Hall–Kier alpha value is -16.1. The van der Waals surface area contributed by atoms with Crippen LogP contribution in [0.4, 0.5) is 0 Å². The average molecular weight is 1830 g/mol. The Balaban J connectivity index is 0.000000138. The fourth-order valence-corrected chi connectivity index (χ4v) is 18.7. The first-order chi connectivity index (χ1) is 64.2. The second-order valence-electron chi connectivity index (χ2n) is 34.4. The molecule has 12 aromatic heterocycles. The number of hydrogen-bond acceptors (Lipinski definition) is 24. The summed E-state index contributed by atoms with van der Waals surface area (Å²) in [5, 5.41) is 70.2. The number of aliphatic hydroxyl groups is 6. The summed E-state index contributed by atoms with van der Waals surface area (Å²) >= 11 is 0. The summed E-state index contributed by atoms with van der Waals surface area (Å²) in [6, 6.07) is 19.3. The molecule has 12 aromatic rings. The van der Waals surface area contributed by atoms with Crippen molar-refractivity contribution in [3.05, 3.63) is 367 Å². The molecule has 0 amide bonds. The molecule has 0 radical (unpaired) electrons. The third-order valence-electron chi connectivity index (χ3n) is 25.0. The van der Waals surface area contributed by atoms with Crippen LogP contribution in [-0.2, 0) is 80.8 Å². The summed E-state index contributed by atoms with van der Waals surface area (Å²) in [7, 11) is 9.17. The lowest BCUT2D eigenvalue weighted by atomic mass is 9.90. The number of hydrogen-bond donors (Lipinski definition) is 6. The molecule has 12 heterocycles. The molecule has 6 aliphatic carbocycles. The molecule has 30 nitrogen and oxygen atoms in total. The minimum Gasteiger partial charge on any atom is -0.507 e. The first-order valence-electron chi connectivity index (χ1n) is 44.3. The third-order valence-corrected chi connectivity index (χ3v) is 25.0. The Morgan fingerprint density at radius 3 is 0.654 bits per heavy atom. The molecule has 0 fully saturated rings. The fraction of sp³-hybridized carbons (Fsp3) is 0.264. The molecule has 136 heavy (non-hydrogen) atoms. The highest BCUT2D eigenvalue weighted by Gasteiger charge is 2.38. The number of carbonyl (C=O) groups excluding carboxylic acids is 6. The van der Waals surface area contributed by atoms with Crippen molar-refractivity contribution in [3.63, 3.8) is 0 Å². The maximum atomic E-state index is 12.9. The Bertz CT molecular complexity index is 8300. The molecule has 18 rings (SSSR count). The van der Waals surface area contributed by atoms with E-state index in [9.17, 15) is 88.2 Å². The summed E-state index contributed by atoms with van der Waals surface area (Å²) in [6.07, 6.45) is 7.21. The van der Waals surface area contributed by atoms with Gasteiger partial charge in [0.2, 0.25) is 34.7 Å². The molecule has 0 atom stereocenters. The van der Waals surface area contributed by atoms with Crippen LogP contribution in [0.1, 0.15) is 264 Å². The summed E-state index contributed by atoms with van der Waals surface area (Å²) < 4.78 is 7.61. The van der Waals surface area contributed by atoms with Crippen molar-refractivity contribution in [2.24, 2.45) is 42.3 Å². The van der Waals surface area contributed by atoms with Crippen molar-refractivity contribution in [1.29, 1.82) is 0 Å². The van der Waals surface area contributed by atoms with Crippen LogP contribution in [0.5, 0.6) is 0 Å². The standard InChI is InChI=1S/4C18H18N2O3.2C17H16N2O3/c2*1-5-6-11-8-10(3)19-15-14(11)17(22)13-9(2)7-12(21)20(4)16(13)18(15)23;2*1-5-6-11-8-12(21)20(4)16-14(11)17(22)13-9(2)7-10(3)19-15(13)18(16)23;1-5-10-7-9(3)18-14-13(10)16(21)12-8(2)6-11(20)19(4)15(12)17(14)22;1-5-10-7-11(20)19(4)15-13(10)16(21)12-8(2)6-9(3)18-14(12)17(15)22/h4*7-8,22H,3,5-6H2,1-2,4H3;2*6-7,21H,3,5H2,1-2,4H3. The van der Waals surface area contributed by atoms with Gasteiger partial charge in [-0.05, 0) is 183 Å². The van der Waals surface area contributed by atoms with Crippen LogP contribution in [0.25, 0.3) is 74.0 Å². The number of aromatic nitrogens is 12. The molecule has 0 spiro atoms. The minimum absolute atomic E-state index is 0.00190. The maximum absolute atomic E-state index is 12.9. The van der Waals surface area contributed by atoms with Gasteiger partial charge < -0.3 is 58.0 Å². The third kappa shape index (κ3) is 16.5. The molecule has 30 heteroatoms. The van der Waals surface area contributed by atoms with E-state index in [0.29, 0.717) is 169 Å². The Morgan fingerprint density at radius 2 is 0.412 bits per heavy atom. The van der Waals surface area contributed by atoms with Gasteiger partial charge >= 0.3 is 0 Å². The molecule has 0 unspecified atom stereocenters. The topological polar surface area (TPSA) is 433 Å². The maximum Gasteiger partial charge on any atom is 0.251 e. The van der Waals surface area contributed by atoms with E-state index < -0.39 is 0 Å². The molecule has 696 valence electrons. The van der Waals surface area contributed by atoms with E-state index in [1.165, 1.54) is 106 Å². The van der Waals surface area contributed by atoms with E-state index in [0.717, 1.165) is 59.1 Å². The van der Waals surface area contributed by atoms with Gasteiger partial charge in [-0.15, -0.1) is 0 Å². The second-order valence-corrected chi connectivity index (χ2v) is 34.4. The highest BCUT2D eigenvalue weighted by atomic mass is 16.3. The van der Waals surface area contributed by atoms with Gasteiger partial charge in [0.1, 0.15) is 103 Å². The lowest BCUT2D eigenvalue weighted by Gasteiger charge is -2.21. The van der Waals surface area contributed by atoms with E-state index >= 15 is 0 Å². The highest BCUT2D eigenvalue weighted by Crippen LogP contribution is 2.32. The number of aryl methyl sites for hydroxylation is 12. The van der Waals surface area contributed by atoms with Crippen LogP contribution < -0.4 is 96.8 Å². The van der Waals surface area contributed by atoms with Crippen LogP contribution in [-0.4, -0.2) is 123 Å². The molecule has 0 saturated carbocycles. The molecule has 0 saturated heterocycles. The van der Waals surface area contributed by atoms with Crippen molar-refractivity contribution in [1.82, 2.24) is 57.3 Å². The van der Waals surface area contributed by atoms with Crippen molar-refractivity contribution in [3.8, 4) is 0 Å². The summed E-state index contributed by atoms with van der Waals surface area (Å²) in [5.41, 5.74) is 11.6. The van der Waals surface area contributed by atoms with E-state index in [4.69, 9.17) is 0 Å². The van der Waals surface area contributed by atoms with Crippen LogP contribution in [0.15, 0.2) is 102 Å².